The van der Waals surface area contributed by atoms with E-state index in [0.29, 0.717) is 0 Å². The van der Waals surface area contributed by atoms with E-state index in [1.165, 1.54) is 0 Å². The lowest BCUT2D eigenvalue weighted by molar-refractivity contribution is -0.131. The molecular weight excluding hydrogens is 236 g/mol. The number of hydrogen-bond donors (Lipinski definition) is 0. The van der Waals surface area contributed by atoms with Crippen LogP contribution in [0.5, 0.6) is 0 Å². The van der Waals surface area contributed by atoms with E-state index in [4.69, 9.17) is 4.74 Å². The predicted molar refractivity (Wildman–Crippen MR) is 72.4 cm³/mol. The monoisotopic (exact) mass is 260 g/mol. The molecule has 1 amide bonds. The first kappa shape index (κ1) is 14.8. The van der Waals surface area contributed by atoms with Gasteiger partial charge in [-0.1, -0.05) is 6.92 Å². The van der Waals surface area contributed by atoms with E-state index in [1.807, 2.05) is 32.8 Å². The van der Waals surface area contributed by atoms with Crippen LogP contribution in [0.25, 0.3) is 0 Å². The molecule has 17 heavy (non-hydrogen) atoms. The van der Waals surface area contributed by atoms with E-state index < -0.39 is 0 Å². The zero-order valence-electron chi connectivity index (χ0n) is 11.1. The quantitative estimate of drug-likeness (QED) is 0.661. The first-order valence-electron chi connectivity index (χ1n) is 6.20. The molecule has 5 heteroatoms. The van der Waals surface area contributed by atoms with Gasteiger partial charge >= 0.3 is 0 Å². The van der Waals surface area contributed by atoms with Crippen LogP contribution >= 0.6 is 11.8 Å². The van der Waals surface area contributed by atoms with Crippen molar-refractivity contribution in [1.82, 2.24) is 9.80 Å². The average molecular weight is 260 g/mol. The van der Waals surface area contributed by atoms with Gasteiger partial charge < -0.3 is 9.64 Å². The van der Waals surface area contributed by atoms with E-state index in [9.17, 15) is 4.79 Å². The Hall–Kier alpha value is -0.260. The van der Waals surface area contributed by atoms with Crippen molar-refractivity contribution in [3.05, 3.63) is 0 Å². The van der Waals surface area contributed by atoms with E-state index in [1.54, 1.807) is 4.90 Å². The number of carbonyl (C=O) groups is 1. The molecule has 0 aromatic rings. The molecule has 0 aromatic heterocycles. The van der Waals surface area contributed by atoms with E-state index >= 15 is 0 Å². The smallest absolute Gasteiger partial charge is 0.225 e. The van der Waals surface area contributed by atoms with Crippen molar-refractivity contribution in [1.29, 1.82) is 0 Å². The van der Waals surface area contributed by atoms with E-state index in [-0.39, 0.29) is 11.8 Å². The molecule has 0 aliphatic carbocycles. The summed E-state index contributed by atoms with van der Waals surface area (Å²) < 4.78 is 5.30. The molecule has 1 fully saturated rings. The Morgan fingerprint density at radius 1 is 1.41 bits per heavy atom. The molecule has 0 saturated carbocycles. The van der Waals surface area contributed by atoms with Crippen LogP contribution in [0.4, 0.5) is 0 Å². The van der Waals surface area contributed by atoms with Gasteiger partial charge in [-0.2, -0.15) is 11.8 Å². The third-order valence-electron chi connectivity index (χ3n) is 2.89. The number of morpholine rings is 1. The van der Waals surface area contributed by atoms with E-state index in [2.05, 4.69) is 4.90 Å². The highest BCUT2D eigenvalue weighted by Gasteiger charge is 2.15. The largest absolute Gasteiger partial charge is 0.379 e. The van der Waals surface area contributed by atoms with Gasteiger partial charge in [0.15, 0.2) is 0 Å². The number of hydrogen-bond acceptors (Lipinski definition) is 4. The zero-order chi connectivity index (χ0) is 12.7. The highest BCUT2D eigenvalue weighted by atomic mass is 32.2. The summed E-state index contributed by atoms with van der Waals surface area (Å²) in [6.45, 7) is 6.93. The van der Waals surface area contributed by atoms with Crippen molar-refractivity contribution in [2.24, 2.45) is 5.92 Å². The molecule has 1 aliphatic heterocycles. The second-order valence-electron chi connectivity index (χ2n) is 4.66. The summed E-state index contributed by atoms with van der Waals surface area (Å²) >= 11 is 1.87. The Balaban J connectivity index is 2.05. The van der Waals surface area contributed by atoms with Gasteiger partial charge in [-0.05, 0) is 0 Å². The van der Waals surface area contributed by atoms with Gasteiger partial charge in [0.2, 0.25) is 5.91 Å². The van der Waals surface area contributed by atoms with Crippen molar-refractivity contribution in [2.45, 2.75) is 6.92 Å². The molecule has 0 radical (unpaired) electrons. The van der Waals surface area contributed by atoms with Crippen molar-refractivity contribution in [3.63, 3.8) is 0 Å². The molecule has 0 unspecified atom stereocenters. The second-order valence-corrected chi connectivity index (χ2v) is 5.81. The number of nitrogens with zero attached hydrogens (tertiary/aromatic N) is 2. The molecular formula is C12H24N2O2S. The van der Waals surface area contributed by atoms with Gasteiger partial charge in [-0.25, -0.2) is 0 Å². The molecule has 1 heterocycles. The Morgan fingerprint density at radius 3 is 2.65 bits per heavy atom. The Kier molecular flexibility index (Phi) is 6.92. The van der Waals surface area contributed by atoms with Crippen LogP contribution in [0.3, 0.4) is 0 Å². The Bertz CT molecular complexity index is 231. The molecule has 0 spiro atoms. The van der Waals surface area contributed by atoms with Gasteiger partial charge in [0, 0.05) is 51.2 Å². The van der Waals surface area contributed by atoms with E-state index in [0.717, 1.165) is 44.4 Å². The van der Waals surface area contributed by atoms with Gasteiger partial charge in [-0.3, -0.25) is 9.69 Å². The molecule has 1 rings (SSSR count). The first-order chi connectivity index (χ1) is 8.11. The Labute approximate surface area is 109 Å². The summed E-state index contributed by atoms with van der Waals surface area (Å²) in [6.07, 6.45) is 0. The molecule has 0 N–H and O–H groups in total. The molecule has 4 nitrogen and oxygen atoms in total. The van der Waals surface area contributed by atoms with Crippen LogP contribution in [-0.4, -0.2) is 74.2 Å². The van der Waals surface area contributed by atoms with Gasteiger partial charge in [-0.15, -0.1) is 0 Å². The highest BCUT2D eigenvalue weighted by molar-refractivity contribution is 7.99. The maximum atomic E-state index is 11.6. The maximum absolute atomic E-state index is 11.6. The summed E-state index contributed by atoms with van der Waals surface area (Å²) in [7, 11) is 3.63. The number of amides is 1. The van der Waals surface area contributed by atoms with Gasteiger partial charge in [0.05, 0.1) is 13.2 Å². The minimum Gasteiger partial charge on any atom is -0.379 e. The lowest BCUT2D eigenvalue weighted by Gasteiger charge is -2.26. The third kappa shape index (κ3) is 5.75. The van der Waals surface area contributed by atoms with Gasteiger partial charge in [0.1, 0.15) is 0 Å². The number of rotatable bonds is 6. The predicted octanol–water partition coefficient (Wildman–Crippen LogP) is 0.776. The van der Waals surface area contributed by atoms with Crippen LogP contribution in [0.15, 0.2) is 0 Å². The third-order valence-corrected chi connectivity index (χ3v) is 4.09. The van der Waals surface area contributed by atoms with Crippen LogP contribution in [0, 0.1) is 5.92 Å². The number of ether oxygens (including phenoxy) is 1. The van der Waals surface area contributed by atoms with Crippen LogP contribution < -0.4 is 0 Å². The minimum atomic E-state index is 0.125. The standard InChI is InChI=1S/C12H24N2O2S/c1-11(12(15)13(2)3)10-17-9-6-14-4-7-16-8-5-14/h11H,4-10H2,1-3H3/t11-/m1/s1. The van der Waals surface area contributed by atoms with Crippen molar-refractivity contribution in [2.75, 3.05) is 58.4 Å². The summed E-state index contributed by atoms with van der Waals surface area (Å²) in [5, 5.41) is 0. The molecule has 1 atom stereocenters. The maximum Gasteiger partial charge on any atom is 0.225 e. The molecule has 0 aromatic carbocycles. The summed E-state index contributed by atoms with van der Waals surface area (Å²) in [5.74, 6) is 2.37. The summed E-state index contributed by atoms with van der Waals surface area (Å²) in [4.78, 5) is 15.7. The lowest BCUT2D eigenvalue weighted by atomic mass is 10.2. The second kappa shape index (κ2) is 7.95. The fraction of sp³-hybridized carbons (Fsp3) is 0.917. The van der Waals surface area contributed by atoms with Crippen LogP contribution in [0.1, 0.15) is 6.92 Å². The fourth-order valence-corrected chi connectivity index (χ4v) is 2.84. The normalized spacial score (nSPS) is 19.0. The summed E-state index contributed by atoms with van der Waals surface area (Å²) in [6, 6.07) is 0. The number of carbonyl (C=O) groups excluding carboxylic acids is 1. The lowest BCUT2D eigenvalue weighted by Crippen LogP contribution is -2.37. The topological polar surface area (TPSA) is 32.8 Å². The van der Waals surface area contributed by atoms with Crippen LogP contribution in [-0.2, 0) is 9.53 Å². The molecule has 0 bridgehead atoms. The Morgan fingerprint density at radius 2 is 2.06 bits per heavy atom. The van der Waals surface area contributed by atoms with Crippen molar-refractivity contribution >= 4 is 17.7 Å². The fourth-order valence-electron chi connectivity index (χ4n) is 1.79. The molecule has 1 aliphatic rings. The number of thioether (sulfide) groups is 1. The van der Waals surface area contributed by atoms with Gasteiger partial charge in [0.25, 0.3) is 0 Å². The summed E-state index contributed by atoms with van der Waals surface area (Å²) in [5.41, 5.74) is 0. The highest BCUT2D eigenvalue weighted by Crippen LogP contribution is 2.11. The molecule has 1 saturated heterocycles. The average Bonchev–Trinajstić information content (AvgIpc) is 2.34. The van der Waals surface area contributed by atoms with Crippen molar-refractivity contribution < 1.29 is 9.53 Å². The SMILES string of the molecule is C[C@H](CSCCN1CCOCC1)C(=O)N(C)C. The first-order valence-corrected chi connectivity index (χ1v) is 7.35. The zero-order valence-corrected chi connectivity index (χ0v) is 12.0. The van der Waals surface area contributed by atoms with Crippen LogP contribution in [0.2, 0.25) is 0 Å². The molecule has 100 valence electrons. The van der Waals surface area contributed by atoms with Crippen molar-refractivity contribution in [3.8, 4) is 0 Å². The minimum absolute atomic E-state index is 0.125.